The van der Waals surface area contributed by atoms with Gasteiger partial charge < -0.3 is 0 Å². The van der Waals surface area contributed by atoms with Gasteiger partial charge in [-0.3, -0.25) is 0 Å². The van der Waals surface area contributed by atoms with Crippen molar-refractivity contribution in [1.29, 1.82) is 0 Å². The lowest BCUT2D eigenvalue weighted by atomic mass is 9.81. The van der Waals surface area contributed by atoms with E-state index in [1.165, 1.54) is 27.1 Å². The maximum Gasteiger partial charge on any atom is 0.0647 e. The molecular formula is C25H28Si. The van der Waals surface area contributed by atoms with Gasteiger partial charge in [0.25, 0.3) is 0 Å². The lowest BCUT2D eigenvalue weighted by Crippen LogP contribution is -2.18. The fourth-order valence-corrected chi connectivity index (χ4v) is 6.34. The van der Waals surface area contributed by atoms with Gasteiger partial charge in [-0.25, -0.2) is 0 Å². The Hall–Kier alpha value is -2.12. The maximum atomic E-state index is 2.53. The highest BCUT2D eigenvalue weighted by Gasteiger charge is 2.31. The van der Waals surface area contributed by atoms with Crippen molar-refractivity contribution < 1.29 is 0 Å². The number of hydrogen-bond acceptors (Lipinski definition) is 0. The van der Waals surface area contributed by atoms with Gasteiger partial charge in [0.1, 0.15) is 0 Å². The molecule has 0 nitrogen and oxygen atoms in total. The summed E-state index contributed by atoms with van der Waals surface area (Å²) in [6.07, 6.45) is 3.61. The van der Waals surface area contributed by atoms with Gasteiger partial charge in [0, 0.05) is 0 Å². The van der Waals surface area contributed by atoms with Crippen LogP contribution in [0.4, 0.5) is 0 Å². The standard InChI is InChI=1S/C25H28Si/c1-25(2,3)24-21(14-15-22(24)26(4)5)23-19-12-8-6-10-17(19)16-18-11-7-9-13-20(18)23/h6-13,15-16,26H,14H2,1-5H3. The van der Waals surface area contributed by atoms with Crippen LogP contribution in [-0.2, 0) is 0 Å². The molecule has 4 rings (SSSR count). The summed E-state index contributed by atoms with van der Waals surface area (Å²) in [6, 6.07) is 20.1. The molecule has 1 heteroatoms. The lowest BCUT2D eigenvalue weighted by Gasteiger charge is -2.28. The fourth-order valence-electron chi connectivity index (χ4n) is 4.57. The van der Waals surface area contributed by atoms with Crippen LogP contribution >= 0.6 is 0 Å². The molecule has 0 unspecified atom stereocenters. The zero-order valence-electron chi connectivity index (χ0n) is 16.6. The molecule has 3 aromatic carbocycles. The summed E-state index contributed by atoms with van der Waals surface area (Å²) in [7, 11) is -0.864. The quantitative estimate of drug-likeness (QED) is 0.338. The van der Waals surface area contributed by atoms with Crippen molar-refractivity contribution >= 4 is 35.9 Å². The summed E-state index contributed by atoms with van der Waals surface area (Å²) in [4.78, 5) is 0. The van der Waals surface area contributed by atoms with Crippen LogP contribution in [-0.4, -0.2) is 8.80 Å². The molecule has 3 aromatic rings. The molecule has 0 aromatic heterocycles. The van der Waals surface area contributed by atoms with Crippen molar-refractivity contribution in [3.05, 3.63) is 77.0 Å². The van der Waals surface area contributed by atoms with Gasteiger partial charge in [0.15, 0.2) is 0 Å². The minimum absolute atomic E-state index is 0.174. The Morgan fingerprint density at radius 2 is 1.35 bits per heavy atom. The smallest absolute Gasteiger partial charge is 0.0647 e. The molecule has 0 spiro atoms. The fraction of sp³-hybridized carbons (Fsp3) is 0.280. The monoisotopic (exact) mass is 356 g/mol. The third-order valence-electron chi connectivity index (χ3n) is 5.56. The maximum absolute atomic E-state index is 2.53. The largest absolute Gasteiger partial charge is 0.0809 e. The Kier molecular flexibility index (Phi) is 4.15. The van der Waals surface area contributed by atoms with Crippen LogP contribution in [0.1, 0.15) is 32.8 Å². The number of fused-ring (bicyclic) bond motifs is 2. The zero-order valence-corrected chi connectivity index (χ0v) is 17.7. The minimum atomic E-state index is -0.864. The first-order chi connectivity index (χ1) is 12.4. The third kappa shape index (κ3) is 2.75. The van der Waals surface area contributed by atoms with E-state index in [4.69, 9.17) is 0 Å². The van der Waals surface area contributed by atoms with Crippen molar-refractivity contribution in [2.75, 3.05) is 0 Å². The number of hydrogen-bond donors (Lipinski definition) is 0. The normalized spacial score (nSPS) is 15.4. The van der Waals surface area contributed by atoms with Crippen LogP contribution in [0.15, 0.2) is 71.4 Å². The van der Waals surface area contributed by atoms with Crippen LogP contribution in [0.3, 0.4) is 0 Å². The van der Waals surface area contributed by atoms with Gasteiger partial charge in [0.05, 0.1) is 8.80 Å². The molecule has 0 N–H and O–H groups in total. The Labute approximate surface area is 158 Å². The summed E-state index contributed by atoms with van der Waals surface area (Å²) in [5.41, 5.74) is 4.80. The predicted octanol–water partition coefficient (Wildman–Crippen LogP) is 7.15. The molecular weight excluding hydrogens is 328 g/mol. The molecule has 0 amide bonds. The first-order valence-corrected chi connectivity index (χ1v) is 12.6. The van der Waals surface area contributed by atoms with Crippen molar-refractivity contribution in [3.63, 3.8) is 0 Å². The van der Waals surface area contributed by atoms with E-state index in [1.54, 1.807) is 16.3 Å². The van der Waals surface area contributed by atoms with E-state index in [9.17, 15) is 0 Å². The Morgan fingerprint density at radius 1 is 0.808 bits per heavy atom. The SMILES string of the molecule is C[SiH](C)C1=CCC(c2c3ccccc3cc3ccccc23)=C1C(C)(C)C. The van der Waals surface area contributed by atoms with Gasteiger partial charge in [0.2, 0.25) is 0 Å². The zero-order chi connectivity index (χ0) is 18.5. The second-order valence-electron chi connectivity index (χ2n) is 8.82. The molecule has 132 valence electrons. The van der Waals surface area contributed by atoms with E-state index in [2.05, 4.69) is 94.5 Å². The average Bonchev–Trinajstić information content (AvgIpc) is 3.05. The van der Waals surface area contributed by atoms with E-state index >= 15 is 0 Å². The van der Waals surface area contributed by atoms with Crippen molar-refractivity contribution in [3.8, 4) is 0 Å². The minimum Gasteiger partial charge on any atom is -0.0809 e. The highest BCUT2D eigenvalue weighted by Crippen LogP contribution is 2.47. The summed E-state index contributed by atoms with van der Waals surface area (Å²) >= 11 is 0. The number of benzene rings is 3. The van der Waals surface area contributed by atoms with Crippen molar-refractivity contribution in [2.24, 2.45) is 5.41 Å². The highest BCUT2D eigenvalue weighted by molar-refractivity contribution is 6.65. The van der Waals surface area contributed by atoms with E-state index in [0.29, 0.717) is 0 Å². The Morgan fingerprint density at radius 3 is 1.85 bits per heavy atom. The second-order valence-corrected chi connectivity index (χ2v) is 11.7. The molecule has 0 heterocycles. The van der Waals surface area contributed by atoms with Crippen LogP contribution in [0.5, 0.6) is 0 Å². The lowest BCUT2D eigenvalue weighted by molar-refractivity contribution is 0.517. The highest BCUT2D eigenvalue weighted by atomic mass is 28.3. The molecule has 0 saturated carbocycles. The summed E-state index contributed by atoms with van der Waals surface area (Å²) < 4.78 is 0. The van der Waals surface area contributed by atoms with Gasteiger partial charge in [-0.15, -0.1) is 0 Å². The van der Waals surface area contributed by atoms with E-state index in [0.717, 1.165) is 6.42 Å². The molecule has 0 aliphatic heterocycles. The number of allylic oxidation sites excluding steroid dienone is 4. The first-order valence-electron chi connectivity index (χ1n) is 9.73. The summed E-state index contributed by atoms with van der Waals surface area (Å²) in [5, 5.41) is 7.14. The van der Waals surface area contributed by atoms with Gasteiger partial charge in [-0.05, 0) is 56.2 Å². The van der Waals surface area contributed by atoms with E-state index in [1.807, 2.05) is 0 Å². The Bertz CT molecular complexity index is 1000. The van der Waals surface area contributed by atoms with Crippen LogP contribution < -0.4 is 0 Å². The summed E-state index contributed by atoms with van der Waals surface area (Å²) in [5.74, 6) is 0. The third-order valence-corrected chi connectivity index (χ3v) is 7.33. The van der Waals surface area contributed by atoms with Gasteiger partial charge >= 0.3 is 0 Å². The van der Waals surface area contributed by atoms with Gasteiger partial charge in [-0.1, -0.05) is 93.7 Å². The van der Waals surface area contributed by atoms with E-state index in [-0.39, 0.29) is 5.41 Å². The predicted molar refractivity (Wildman–Crippen MR) is 119 cm³/mol. The van der Waals surface area contributed by atoms with Crippen molar-refractivity contribution in [1.82, 2.24) is 0 Å². The molecule has 0 saturated heterocycles. The van der Waals surface area contributed by atoms with Crippen LogP contribution in [0.2, 0.25) is 13.1 Å². The molecule has 1 aliphatic carbocycles. The molecule has 0 radical (unpaired) electrons. The molecule has 0 bridgehead atoms. The second kappa shape index (κ2) is 6.24. The molecule has 0 atom stereocenters. The van der Waals surface area contributed by atoms with Crippen LogP contribution in [0, 0.1) is 5.41 Å². The average molecular weight is 357 g/mol. The van der Waals surface area contributed by atoms with Gasteiger partial charge in [-0.2, -0.15) is 0 Å². The van der Waals surface area contributed by atoms with Crippen molar-refractivity contribution in [2.45, 2.75) is 40.3 Å². The molecule has 1 aliphatic rings. The number of rotatable bonds is 2. The first kappa shape index (κ1) is 17.3. The van der Waals surface area contributed by atoms with E-state index < -0.39 is 8.80 Å². The summed E-state index contributed by atoms with van der Waals surface area (Å²) in [6.45, 7) is 12.1. The van der Waals surface area contributed by atoms with Crippen LogP contribution in [0.25, 0.3) is 27.1 Å². The topological polar surface area (TPSA) is 0 Å². The Balaban J connectivity index is 2.14. The molecule has 0 fully saturated rings. The molecule has 26 heavy (non-hydrogen) atoms.